The maximum atomic E-state index is 11.4. The molecular weight excluding hydrogens is 220 g/mol. The lowest BCUT2D eigenvalue weighted by atomic mass is 9.99. The van der Waals surface area contributed by atoms with Gasteiger partial charge in [-0.2, -0.15) is 0 Å². The quantitative estimate of drug-likeness (QED) is 0.482. The van der Waals surface area contributed by atoms with Crippen LogP contribution >= 0.6 is 0 Å². The second kappa shape index (κ2) is 8.45. The van der Waals surface area contributed by atoms with Crippen molar-refractivity contribution in [2.75, 3.05) is 6.54 Å². The van der Waals surface area contributed by atoms with E-state index in [1.54, 1.807) is 13.8 Å². The molecular formula is C12H20N2O3. The second-order valence-corrected chi connectivity index (χ2v) is 3.78. The van der Waals surface area contributed by atoms with E-state index in [4.69, 9.17) is 5.11 Å². The summed E-state index contributed by atoms with van der Waals surface area (Å²) in [4.78, 5) is 22.4. The average molecular weight is 240 g/mol. The molecule has 5 nitrogen and oxygen atoms in total. The van der Waals surface area contributed by atoms with Gasteiger partial charge >= 0.3 is 12.0 Å². The first-order valence-corrected chi connectivity index (χ1v) is 5.69. The van der Waals surface area contributed by atoms with Crippen LogP contribution in [0.4, 0.5) is 4.79 Å². The van der Waals surface area contributed by atoms with Crippen LogP contribution in [0.2, 0.25) is 0 Å². The Balaban J connectivity index is 4.12. The molecule has 0 aromatic rings. The largest absolute Gasteiger partial charge is 0.480 e. The molecule has 2 atom stereocenters. The summed E-state index contributed by atoms with van der Waals surface area (Å²) in [5.74, 6) is 4.40. The van der Waals surface area contributed by atoms with Crippen molar-refractivity contribution in [1.29, 1.82) is 0 Å². The number of amides is 2. The fourth-order valence-electron chi connectivity index (χ4n) is 1.24. The van der Waals surface area contributed by atoms with E-state index in [1.165, 1.54) is 0 Å². The topological polar surface area (TPSA) is 78.4 Å². The minimum Gasteiger partial charge on any atom is -0.480 e. The summed E-state index contributed by atoms with van der Waals surface area (Å²) in [6, 6.07) is -1.31. The standard InChI is InChI=1S/C12H20N2O3/c1-4-6-7-8-13-12(17)14-10(11(15)16)9(3)5-2/h9-10H,5,7-8H2,1-3H3,(H,15,16)(H2,13,14,17)/t9-,10-/m0/s1. The van der Waals surface area contributed by atoms with Crippen LogP contribution in [-0.2, 0) is 4.79 Å². The third-order valence-corrected chi connectivity index (χ3v) is 2.48. The predicted molar refractivity (Wildman–Crippen MR) is 65.5 cm³/mol. The van der Waals surface area contributed by atoms with Crippen LogP contribution in [0.15, 0.2) is 0 Å². The van der Waals surface area contributed by atoms with Gasteiger partial charge in [-0.15, -0.1) is 11.8 Å². The Bertz CT molecular complexity index is 317. The number of urea groups is 1. The molecule has 0 fully saturated rings. The van der Waals surface area contributed by atoms with Crippen molar-refractivity contribution in [3.8, 4) is 11.8 Å². The Hall–Kier alpha value is -1.70. The van der Waals surface area contributed by atoms with E-state index in [1.807, 2.05) is 6.92 Å². The third kappa shape index (κ3) is 6.46. The number of hydrogen-bond donors (Lipinski definition) is 3. The summed E-state index contributed by atoms with van der Waals surface area (Å²) in [5.41, 5.74) is 0. The molecule has 0 rings (SSSR count). The normalized spacial score (nSPS) is 12.9. The number of aliphatic carboxylic acids is 1. The van der Waals surface area contributed by atoms with Crippen molar-refractivity contribution in [1.82, 2.24) is 10.6 Å². The smallest absolute Gasteiger partial charge is 0.326 e. The van der Waals surface area contributed by atoms with Crippen LogP contribution in [0, 0.1) is 17.8 Å². The first kappa shape index (κ1) is 15.3. The lowest BCUT2D eigenvalue weighted by Crippen LogP contribution is -2.49. The lowest BCUT2D eigenvalue weighted by molar-refractivity contribution is -0.140. The highest BCUT2D eigenvalue weighted by molar-refractivity contribution is 5.82. The average Bonchev–Trinajstić information content (AvgIpc) is 2.30. The number of nitrogens with one attached hydrogen (secondary N) is 2. The first-order valence-electron chi connectivity index (χ1n) is 5.69. The highest BCUT2D eigenvalue weighted by Gasteiger charge is 2.24. The number of rotatable bonds is 6. The van der Waals surface area contributed by atoms with Crippen molar-refractivity contribution in [2.24, 2.45) is 5.92 Å². The summed E-state index contributed by atoms with van der Waals surface area (Å²) < 4.78 is 0. The van der Waals surface area contributed by atoms with Gasteiger partial charge in [0.05, 0.1) is 0 Å². The Kier molecular flexibility index (Phi) is 7.61. The van der Waals surface area contributed by atoms with Crippen molar-refractivity contribution < 1.29 is 14.7 Å². The predicted octanol–water partition coefficient (Wildman–Crippen LogP) is 1.20. The summed E-state index contributed by atoms with van der Waals surface area (Å²) in [5, 5.41) is 14.0. The third-order valence-electron chi connectivity index (χ3n) is 2.48. The van der Waals surface area contributed by atoms with Gasteiger partial charge in [0.15, 0.2) is 0 Å². The number of carboxylic acids is 1. The van der Waals surface area contributed by atoms with Gasteiger partial charge in [-0.3, -0.25) is 0 Å². The molecule has 0 bridgehead atoms. The molecule has 96 valence electrons. The van der Waals surface area contributed by atoms with Crippen LogP contribution in [0.1, 0.15) is 33.6 Å². The molecule has 2 amide bonds. The Morgan fingerprint density at radius 2 is 2.06 bits per heavy atom. The van der Waals surface area contributed by atoms with Crippen LogP contribution < -0.4 is 10.6 Å². The van der Waals surface area contributed by atoms with Crippen LogP contribution in [0.3, 0.4) is 0 Å². The van der Waals surface area contributed by atoms with E-state index < -0.39 is 18.0 Å². The van der Waals surface area contributed by atoms with Crippen molar-refractivity contribution in [2.45, 2.75) is 39.7 Å². The van der Waals surface area contributed by atoms with Gasteiger partial charge in [0.2, 0.25) is 0 Å². The molecule has 0 unspecified atom stereocenters. The molecule has 0 spiro atoms. The number of carbonyl (C=O) groups excluding carboxylic acids is 1. The van der Waals surface area contributed by atoms with Crippen molar-refractivity contribution in [3.63, 3.8) is 0 Å². The van der Waals surface area contributed by atoms with E-state index in [2.05, 4.69) is 22.5 Å². The molecule has 5 heteroatoms. The minimum atomic E-state index is -1.01. The molecule has 0 aliphatic carbocycles. The van der Waals surface area contributed by atoms with E-state index in [0.29, 0.717) is 19.4 Å². The van der Waals surface area contributed by atoms with Crippen molar-refractivity contribution >= 4 is 12.0 Å². The van der Waals surface area contributed by atoms with Crippen molar-refractivity contribution in [3.05, 3.63) is 0 Å². The fraction of sp³-hybridized carbons (Fsp3) is 0.667. The number of carbonyl (C=O) groups is 2. The molecule has 17 heavy (non-hydrogen) atoms. The van der Waals surface area contributed by atoms with E-state index in [-0.39, 0.29) is 5.92 Å². The Labute approximate surface area is 102 Å². The van der Waals surface area contributed by atoms with E-state index in [0.717, 1.165) is 0 Å². The molecule has 0 aliphatic rings. The zero-order valence-electron chi connectivity index (χ0n) is 10.5. The molecule has 0 saturated heterocycles. The van der Waals surface area contributed by atoms with E-state index >= 15 is 0 Å². The van der Waals surface area contributed by atoms with E-state index in [9.17, 15) is 9.59 Å². The van der Waals surface area contributed by atoms with Gasteiger partial charge < -0.3 is 15.7 Å². The zero-order valence-corrected chi connectivity index (χ0v) is 10.5. The molecule has 0 aliphatic heterocycles. The molecule has 0 saturated carbocycles. The van der Waals surface area contributed by atoms with Crippen LogP contribution in [0.5, 0.6) is 0 Å². The molecule has 3 N–H and O–H groups in total. The van der Waals surface area contributed by atoms with Gasteiger partial charge in [-0.25, -0.2) is 9.59 Å². The summed E-state index contributed by atoms with van der Waals surface area (Å²) in [7, 11) is 0. The molecule has 0 heterocycles. The molecule has 0 aromatic carbocycles. The second-order valence-electron chi connectivity index (χ2n) is 3.78. The van der Waals surface area contributed by atoms with Crippen LogP contribution in [0.25, 0.3) is 0 Å². The number of carboxylic acid groups (broad SMARTS) is 1. The van der Waals surface area contributed by atoms with Crippen LogP contribution in [-0.4, -0.2) is 29.7 Å². The van der Waals surface area contributed by atoms with Gasteiger partial charge in [0.1, 0.15) is 6.04 Å². The van der Waals surface area contributed by atoms with Gasteiger partial charge in [0, 0.05) is 13.0 Å². The van der Waals surface area contributed by atoms with Gasteiger partial charge in [0.25, 0.3) is 0 Å². The van der Waals surface area contributed by atoms with Gasteiger partial charge in [-0.1, -0.05) is 20.3 Å². The SMILES string of the molecule is CC#CCCNC(=O)N[C@H](C(=O)O)[C@@H](C)CC. The molecule has 0 aromatic heterocycles. The lowest BCUT2D eigenvalue weighted by Gasteiger charge is -2.20. The maximum Gasteiger partial charge on any atom is 0.326 e. The highest BCUT2D eigenvalue weighted by atomic mass is 16.4. The maximum absolute atomic E-state index is 11.4. The summed E-state index contributed by atoms with van der Waals surface area (Å²) in [6.07, 6.45) is 1.25. The highest BCUT2D eigenvalue weighted by Crippen LogP contribution is 2.07. The van der Waals surface area contributed by atoms with Gasteiger partial charge in [-0.05, 0) is 12.8 Å². The Morgan fingerprint density at radius 3 is 2.53 bits per heavy atom. The summed E-state index contributed by atoms with van der Waals surface area (Å²) in [6.45, 7) is 5.82. The molecule has 0 radical (unpaired) electrons. The zero-order chi connectivity index (χ0) is 13.3. The fourth-order valence-corrected chi connectivity index (χ4v) is 1.24. The summed E-state index contributed by atoms with van der Waals surface area (Å²) >= 11 is 0. The number of hydrogen-bond acceptors (Lipinski definition) is 2. The Morgan fingerprint density at radius 1 is 1.41 bits per heavy atom. The first-order chi connectivity index (χ1) is 8.02. The monoisotopic (exact) mass is 240 g/mol. The minimum absolute atomic E-state index is 0.103.